The molecule has 0 radical (unpaired) electrons. The molecule has 2 aromatic heterocycles. The molecule has 18 heavy (non-hydrogen) atoms. The normalized spacial score (nSPS) is 10.7. The minimum absolute atomic E-state index is 0.411. The first-order valence-electron chi connectivity index (χ1n) is 5.47. The van der Waals surface area contributed by atoms with Crippen LogP contribution in [0.5, 0.6) is 0 Å². The quantitative estimate of drug-likeness (QED) is 0.759. The van der Waals surface area contributed by atoms with Gasteiger partial charge < -0.3 is 10.3 Å². The second kappa shape index (κ2) is 4.62. The first-order chi connectivity index (χ1) is 8.84. The maximum atomic E-state index is 6.01. The molecule has 0 fully saturated rings. The lowest BCUT2D eigenvalue weighted by molar-refractivity contribution is 0.965. The molecule has 0 saturated carbocycles. The number of halogens is 1. The van der Waals surface area contributed by atoms with Gasteiger partial charge in [-0.3, -0.25) is 0 Å². The van der Waals surface area contributed by atoms with Gasteiger partial charge in [0, 0.05) is 23.2 Å². The third-order valence-electron chi connectivity index (χ3n) is 2.62. The topological polar surface area (TPSA) is 66.5 Å². The third kappa shape index (κ3) is 2.00. The minimum Gasteiger partial charge on any atom is -0.361 e. The van der Waals surface area contributed by atoms with Gasteiger partial charge in [-0.2, -0.15) is 0 Å². The van der Waals surface area contributed by atoms with Crippen LogP contribution in [0, 0.1) is 0 Å². The predicted molar refractivity (Wildman–Crippen MR) is 70.5 cm³/mol. The Labute approximate surface area is 108 Å². The number of aromatic nitrogens is 4. The molecule has 0 aliphatic heterocycles. The van der Waals surface area contributed by atoms with E-state index in [0.29, 0.717) is 17.5 Å². The van der Waals surface area contributed by atoms with Crippen molar-refractivity contribution >= 4 is 28.2 Å². The summed E-state index contributed by atoms with van der Waals surface area (Å²) < 4.78 is 0. The number of hydrogen-bond acceptors (Lipinski definition) is 4. The Bertz CT molecular complexity index is 665. The van der Waals surface area contributed by atoms with Crippen LogP contribution in [0.1, 0.15) is 5.82 Å². The zero-order chi connectivity index (χ0) is 12.4. The van der Waals surface area contributed by atoms with Crippen LogP contribution in [-0.4, -0.2) is 20.2 Å². The summed E-state index contributed by atoms with van der Waals surface area (Å²) >= 11 is 6.01. The summed E-state index contributed by atoms with van der Waals surface area (Å²) in [6.45, 7) is 0.563. The average Bonchev–Trinajstić information content (AvgIpc) is 2.92. The largest absolute Gasteiger partial charge is 0.361 e. The van der Waals surface area contributed by atoms with E-state index in [9.17, 15) is 0 Å². The van der Waals surface area contributed by atoms with E-state index in [1.165, 1.54) is 0 Å². The van der Waals surface area contributed by atoms with Crippen LogP contribution >= 0.6 is 11.6 Å². The van der Waals surface area contributed by atoms with Crippen molar-refractivity contribution in [1.82, 2.24) is 20.2 Å². The number of nitrogens with one attached hydrogen (secondary N) is 2. The maximum absolute atomic E-state index is 6.01. The van der Waals surface area contributed by atoms with E-state index in [-0.39, 0.29) is 0 Å². The highest BCUT2D eigenvalue weighted by Crippen LogP contribution is 2.25. The van der Waals surface area contributed by atoms with Crippen molar-refractivity contribution < 1.29 is 0 Å². The third-order valence-corrected chi connectivity index (χ3v) is 2.90. The van der Waals surface area contributed by atoms with E-state index in [4.69, 9.17) is 11.6 Å². The fourth-order valence-electron chi connectivity index (χ4n) is 1.76. The molecule has 0 unspecified atom stereocenters. The molecule has 90 valence electrons. The highest BCUT2D eigenvalue weighted by atomic mass is 35.5. The summed E-state index contributed by atoms with van der Waals surface area (Å²) in [5.41, 5.74) is 0. The second-order valence-electron chi connectivity index (χ2n) is 3.77. The Morgan fingerprint density at radius 2 is 2.00 bits per heavy atom. The molecule has 0 aliphatic carbocycles. The molecule has 3 rings (SSSR count). The summed E-state index contributed by atoms with van der Waals surface area (Å²) in [7, 11) is 0. The SMILES string of the molecule is Clc1nnc(NCc2ncc[nH]2)c2ccccc12. The molecule has 1 aromatic carbocycles. The molecule has 0 saturated heterocycles. The van der Waals surface area contributed by atoms with Crippen LogP contribution in [0.2, 0.25) is 5.15 Å². The highest BCUT2D eigenvalue weighted by Gasteiger charge is 2.07. The van der Waals surface area contributed by atoms with Gasteiger partial charge in [0.1, 0.15) is 5.82 Å². The molecule has 0 bridgehead atoms. The van der Waals surface area contributed by atoms with Crippen molar-refractivity contribution in [2.45, 2.75) is 6.54 Å². The van der Waals surface area contributed by atoms with Crippen molar-refractivity contribution in [3.63, 3.8) is 0 Å². The summed E-state index contributed by atoms with van der Waals surface area (Å²) in [6, 6.07) is 7.75. The molecule has 2 heterocycles. The van der Waals surface area contributed by atoms with Crippen molar-refractivity contribution in [2.24, 2.45) is 0 Å². The van der Waals surface area contributed by atoms with Crippen molar-refractivity contribution in [1.29, 1.82) is 0 Å². The Kier molecular flexibility index (Phi) is 2.82. The molecular weight excluding hydrogens is 250 g/mol. The van der Waals surface area contributed by atoms with Gasteiger partial charge in [0.05, 0.1) is 6.54 Å². The number of imidazole rings is 1. The first-order valence-corrected chi connectivity index (χ1v) is 5.85. The summed E-state index contributed by atoms with van der Waals surface area (Å²) in [5, 5.41) is 13.4. The predicted octanol–water partition coefficient (Wildman–Crippen LogP) is 2.62. The molecule has 5 nitrogen and oxygen atoms in total. The van der Waals surface area contributed by atoms with E-state index in [1.807, 2.05) is 24.3 Å². The number of rotatable bonds is 3. The van der Waals surface area contributed by atoms with Crippen LogP contribution in [0.25, 0.3) is 10.8 Å². The Morgan fingerprint density at radius 1 is 1.17 bits per heavy atom. The molecule has 3 aromatic rings. The molecule has 0 spiro atoms. The summed E-state index contributed by atoms with van der Waals surface area (Å²) in [4.78, 5) is 7.16. The fraction of sp³-hybridized carbons (Fsp3) is 0.0833. The number of H-pyrrole nitrogens is 1. The van der Waals surface area contributed by atoms with E-state index in [0.717, 1.165) is 16.6 Å². The molecule has 2 N–H and O–H groups in total. The number of nitrogens with zero attached hydrogens (tertiary/aromatic N) is 3. The Morgan fingerprint density at radius 3 is 2.78 bits per heavy atom. The van der Waals surface area contributed by atoms with Gasteiger partial charge in [0.2, 0.25) is 0 Å². The van der Waals surface area contributed by atoms with E-state index in [1.54, 1.807) is 12.4 Å². The summed E-state index contributed by atoms with van der Waals surface area (Å²) in [6.07, 6.45) is 3.49. The number of fused-ring (bicyclic) bond motifs is 1. The zero-order valence-electron chi connectivity index (χ0n) is 9.39. The molecule has 0 aliphatic rings. The van der Waals surface area contributed by atoms with Crippen LogP contribution in [0.3, 0.4) is 0 Å². The van der Waals surface area contributed by atoms with Crippen molar-refractivity contribution in [3.8, 4) is 0 Å². The number of benzene rings is 1. The van der Waals surface area contributed by atoms with Crippen LogP contribution in [0.15, 0.2) is 36.7 Å². The lowest BCUT2D eigenvalue weighted by Crippen LogP contribution is -2.04. The summed E-state index contributed by atoms with van der Waals surface area (Å²) in [5.74, 6) is 1.54. The molecular formula is C12H10ClN5. The lowest BCUT2D eigenvalue weighted by Gasteiger charge is -2.07. The zero-order valence-corrected chi connectivity index (χ0v) is 10.1. The smallest absolute Gasteiger partial charge is 0.159 e. The van der Waals surface area contributed by atoms with E-state index >= 15 is 0 Å². The molecule has 6 heteroatoms. The van der Waals surface area contributed by atoms with Gasteiger partial charge in [-0.25, -0.2) is 4.98 Å². The van der Waals surface area contributed by atoms with Crippen molar-refractivity contribution in [2.75, 3.05) is 5.32 Å². The van der Waals surface area contributed by atoms with Crippen LogP contribution in [0.4, 0.5) is 5.82 Å². The average molecular weight is 260 g/mol. The number of anilines is 1. The maximum Gasteiger partial charge on any atom is 0.159 e. The van der Waals surface area contributed by atoms with Gasteiger partial charge in [-0.1, -0.05) is 35.9 Å². The van der Waals surface area contributed by atoms with Gasteiger partial charge in [-0.15, -0.1) is 10.2 Å². The minimum atomic E-state index is 0.411. The van der Waals surface area contributed by atoms with Gasteiger partial charge in [0.15, 0.2) is 11.0 Å². The number of hydrogen-bond donors (Lipinski definition) is 2. The standard InChI is InChI=1S/C12H10ClN5/c13-11-8-3-1-2-4-9(8)12(18-17-11)16-7-10-14-5-6-15-10/h1-6H,7H2,(H,14,15)(H,16,18). The number of aromatic amines is 1. The monoisotopic (exact) mass is 259 g/mol. The van der Waals surface area contributed by atoms with Crippen molar-refractivity contribution in [3.05, 3.63) is 47.6 Å². The second-order valence-corrected chi connectivity index (χ2v) is 4.13. The molecule has 0 atom stereocenters. The van der Waals surface area contributed by atoms with Crippen LogP contribution in [-0.2, 0) is 6.54 Å². The van der Waals surface area contributed by atoms with E-state index in [2.05, 4.69) is 25.5 Å². The fourth-order valence-corrected chi connectivity index (χ4v) is 1.97. The van der Waals surface area contributed by atoms with Crippen LogP contribution < -0.4 is 5.32 Å². The van der Waals surface area contributed by atoms with E-state index < -0.39 is 0 Å². The highest BCUT2D eigenvalue weighted by molar-refractivity contribution is 6.34. The molecule has 0 amide bonds. The van der Waals surface area contributed by atoms with Gasteiger partial charge in [-0.05, 0) is 0 Å². The first kappa shape index (κ1) is 11.0. The van der Waals surface area contributed by atoms with Gasteiger partial charge >= 0.3 is 0 Å². The lowest BCUT2D eigenvalue weighted by atomic mass is 10.2. The Hall–Kier alpha value is -2.14. The Balaban J connectivity index is 1.94. The van der Waals surface area contributed by atoms with Gasteiger partial charge in [0.25, 0.3) is 0 Å².